The molecule has 1 aromatic carbocycles. The van der Waals surface area contributed by atoms with Crippen LogP contribution in [-0.2, 0) is 4.79 Å². The fraction of sp³-hybridized carbons (Fsp3) is 0.308. The van der Waals surface area contributed by atoms with Crippen LogP contribution >= 0.6 is 0 Å². The molecule has 0 aliphatic carbocycles. The molecule has 16 heavy (non-hydrogen) atoms. The van der Waals surface area contributed by atoms with Gasteiger partial charge in [-0.15, -0.1) is 6.58 Å². The lowest BCUT2D eigenvalue weighted by Gasteiger charge is -2.32. The maximum atomic E-state index is 11.7. The molecule has 86 valence electrons. The fourth-order valence-electron chi connectivity index (χ4n) is 1.61. The second-order valence-electron chi connectivity index (χ2n) is 3.46. The number of anilines is 1. The van der Waals surface area contributed by atoms with Gasteiger partial charge in [0.15, 0.2) is 0 Å². The van der Waals surface area contributed by atoms with Gasteiger partial charge in [-0.05, 0) is 12.1 Å². The van der Waals surface area contributed by atoms with Gasteiger partial charge >= 0.3 is 0 Å². The molecule has 0 saturated carbocycles. The quantitative estimate of drug-likeness (QED) is 0.560. The van der Waals surface area contributed by atoms with Crippen molar-refractivity contribution in [1.82, 2.24) is 5.01 Å². The molecule has 0 N–H and O–H groups in total. The van der Waals surface area contributed by atoms with Crippen LogP contribution in [0, 0.1) is 0 Å². The van der Waals surface area contributed by atoms with Crippen LogP contribution in [0.15, 0.2) is 43.0 Å². The monoisotopic (exact) mass is 218 g/mol. The SMILES string of the molecule is C=CCN(CC)N(C(C)=O)c1ccccc1. The molecule has 0 fully saturated rings. The minimum atomic E-state index is 0.00917. The largest absolute Gasteiger partial charge is 0.273 e. The summed E-state index contributed by atoms with van der Waals surface area (Å²) in [7, 11) is 0. The van der Waals surface area contributed by atoms with Gasteiger partial charge in [0, 0.05) is 20.0 Å². The average Bonchev–Trinajstić information content (AvgIpc) is 2.29. The molecule has 3 heteroatoms. The zero-order valence-corrected chi connectivity index (χ0v) is 9.89. The molecule has 0 unspecified atom stereocenters. The molecular weight excluding hydrogens is 200 g/mol. The van der Waals surface area contributed by atoms with Crippen molar-refractivity contribution in [3.8, 4) is 0 Å². The third-order valence-corrected chi connectivity index (χ3v) is 2.29. The Hall–Kier alpha value is -1.61. The first-order valence-corrected chi connectivity index (χ1v) is 5.42. The molecule has 0 aromatic heterocycles. The van der Waals surface area contributed by atoms with Crippen molar-refractivity contribution in [3.63, 3.8) is 0 Å². The Bertz CT molecular complexity index is 348. The van der Waals surface area contributed by atoms with Crippen molar-refractivity contribution in [2.75, 3.05) is 18.1 Å². The Kier molecular flexibility index (Phi) is 4.73. The molecule has 0 bridgehead atoms. The Labute approximate surface area is 96.9 Å². The molecule has 0 atom stereocenters. The van der Waals surface area contributed by atoms with E-state index in [-0.39, 0.29) is 5.91 Å². The average molecular weight is 218 g/mol. The smallest absolute Gasteiger partial charge is 0.238 e. The summed E-state index contributed by atoms with van der Waals surface area (Å²) >= 11 is 0. The normalized spacial score (nSPS) is 10.2. The fourth-order valence-corrected chi connectivity index (χ4v) is 1.61. The van der Waals surface area contributed by atoms with Crippen molar-refractivity contribution in [2.45, 2.75) is 13.8 Å². The van der Waals surface area contributed by atoms with Crippen LogP contribution in [0.5, 0.6) is 0 Å². The summed E-state index contributed by atoms with van der Waals surface area (Å²) < 4.78 is 0. The van der Waals surface area contributed by atoms with E-state index in [1.165, 1.54) is 0 Å². The molecule has 0 spiro atoms. The number of benzene rings is 1. The summed E-state index contributed by atoms with van der Waals surface area (Å²) in [6.07, 6.45) is 1.79. The Morgan fingerprint density at radius 1 is 1.38 bits per heavy atom. The van der Waals surface area contributed by atoms with Crippen LogP contribution in [0.2, 0.25) is 0 Å². The highest BCUT2D eigenvalue weighted by molar-refractivity contribution is 5.90. The predicted molar refractivity (Wildman–Crippen MR) is 67.0 cm³/mol. The molecular formula is C13H18N2O. The van der Waals surface area contributed by atoms with Crippen LogP contribution in [0.4, 0.5) is 5.69 Å². The van der Waals surface area contributed by atoms with Gasteiger partial charge in [0.25, 0.3) is 0 Å². The van der Waals surface area contributed by atoms with E-state index in [2.05, 4.69) is 6.58 Å². The van der Waals surface area contributed by atoms with Gasteiger partial charge in [0.05, 0.1) is 5.69 Å². The van der Waals surface area contributed by atoms with Gasteiger partial charge in [0.2, 0.25) is 5.91 Å². The van der Waals surface area contributed by atoms with E-state index >= 15 is 0 Å². The minimum absolute atomic E-state index is 0.00917. The predicted octanol–water partition coefficient (Wildman–Crippen LogP) is 2.46. The van der Waals surface area contributed by atoms with Gasteiger partial charge < -0.3 is 0 Å². The zero-order chi connectivity index (χ0) is 12.0. The third-order valence-electron chi connectivity index (χ3n) is 2.29. The zero-order valence-electron chi connectivity index (χ0n) is 9.89. The van der Waals surface area contributed by atoms with Crippen LogP contribution < -0.4 is 5.01 Å². The number of para-hydroxylation sites is 1. The summed E-state index contributed by atoms with van der Waals surface area (Å²) in [5, 5.41) is 3.63. The van der Waals surface area contributed by atoms with Gasteiger partial charge in [-0.3, -0.25) is 4.79 Å². The molecule has 1 aromatic rings. The summed E-state index contributed by atoms with van der Waals surface area (Å²) in [6, 6.07) is 9.63. The number of carbonyl (C=O) groups excluding carboxylic acids is 1. The Morgan fingerprint density at radius 2 is 2.00 bits per heavy atom. The molecule has 1 amide bonds. The summed E-state index contributed by atoms with van der Waals surface area (Å²) in [5.74, 6) is 0.00917. The number of hydrogen-bond donors (Lipinski definition) is 0. The van der Waals surface area contributed by atoms with Crippen LogP contribution in [0.1, 0.15) is 13.8 Å². The second-order valence-corrected chi connectivity index (χ2v) is 3.46. The van der Waals surface area contributed by atoms with Crippen molar-refractivity contribution in [1.29, 1.82) is 0 Å². The first-order valence-electron chi connectivity index (χ1n) is 5.42. The van der Waals surface area contributed by atoms with E-state index in [9.17, 15) is 4.79 Å². The van der Waals surface area contributed by atoms with E-state index in [1.807, 2.05) is 42.3 Å². The Morgan fingerprint density at radius 3 is 2.44 bits per heavy atom. The first kappa shape index (κ1) is 12.5. The maximum Gasteiger partial charge on any atom is 0.238 e. The van der Waals surface area contributed by atoms with Crippen LogP contribution in [0.3, 0.4) is 0 Å². The van der Waals surface area contributed by atoms with Crippen LogP contribution in [-0.4, -0.2) is 24.0 Å². The van der Waals surface area contributed by atoms with E-state index in [1.54, 1.807) is 18.0 Å². The second kappa shape index (κ2) is 6.08. The minimum Gasteiger partial charge on any atom is -0.273 e. The number of hydrazine groups is 1. The lowest BCUT2D eigenvalue weighted by Crippen LogP contribution is -2.45. The standard InChI is InChI=1S/C13H18N2O/c1-4-11-14(5-2)15(12(3)16)13-9-7-6-8-10-13/h4,6-10H,1,5,11H2,2-3H3. The number of rotatable bonds is 5. The maximum absolute atomic E-state index is 11.7. The molecule has 0 aliphatic rings. The highest BCUT2D eigenvalue weighted by atomic mass is 16.2. The number of carbonyl (C=O) groups is 1. The highest BCUT2D eigenvalue weighted by Gasteiger charge is 2.17. The van der Waals surface area contributed by atoms with Crippen molar-refractivity contribution in [3.05, 3.63) is 43.0 Å². The molecule has 3 nitrogen and oxygen atoms in total. The highest BCUT2D eigenvalue weighted by Crippen LogP contribution is 2.16. The molecule has 1 rings (SSSR count). The van der Waals surface area contributed by atoms with Crippen molar-refractivity contribution in [2.24, 2.45) is 0 Å². The van der Waals surface area contributed by atoms with Crippen molar-refractivity contribution >= 4 is 11.6 Å². The lowest BCUT2D eigenvalue weighted by atomic mass is 10.3. The number of amides is 1. The summed E-state index contributed by atoms with van der Waals surface area (Å²) in [6.45, 7) is 8.71. The summed E-state index contributed by atoms with van der Waals surface area (Å²) in [5.41, 5.74) is 0.888. The lowest BCUT2D eigenvalue weighted by molar-refractivity contribution is -0.119. The third kappa shape index (κ3) is 2.94. The number of likely N-dealkylation sites (N-methyl/N-ethyl adjacent to an activating group) is 1. The Balaban J connectivity index is 2.98. The van der Waals surface area contributed by atoms with Gasteiger partial charge in [-0.1, -0.05) is 31.2 Å². The number of hydrogen-bond acceptors (Lipinski definition) is 2. The van der Waals surface area contributed by atoms with E-state index in [0.717, 1.165) is 12.2 Å². The molecule has 0 aliphatic heterocycles. The molecule has 0 heterocycles. The first-order chi connectivity index (χ1) is 7.70. The molecule has 0 saturated heterocycles. The topological polar surface area (TPSA) is 23.6 Å². The van der Waals surface area contributed by atoms with E-state index in [4.69, 9.17) is 0 Å². The van der Waals surface area contributed by atoms with E-state index in [0.29, 0.717) is 6.54 Å². The molecule has 0 radical (unpaired) electrons. The van der Waals surface area contributed by atoms with Gasteiger partial charge in [0.1, 0.15) is 0 Å². The van der Waals surface area contributed by atoms with Crippen molar-refractivity contribution < 1.29 is 4.79 Å². The van der Waals surface area contributed by atoms with Crippen LogP contribution in [0.25, 0.3) is 0 Å². The van der Waals surface area contributed by atoms with E-state index < -0.39 is 0 Å². The summed E-state index contributed by atoms with van der Waals surface area (Å²) in [4.78, 5) is 11.7. The number of nitrogens with zero attached hydrogens (tertiary/aromatic N) is 2. The van der Waals surface area contributed by atoms with Gasteiger partial charge in [-0.25, -0.2) is 10.0 Å². The van der Waals surface area contributed by atoms with Gasteiger partial charge in [-0.2, -0.15) is 0 Å².